The summed E-state index contributed by atoms with van der Waals surface area (Å²) in [4.78, 5) is 25.0. The lowest BCUT2D eigenvalue weighted by Crippen LogP contribution is -2.41. The number of nitrogens with zero attached hydrogens (tertiary/aromatic N) is 7. The Balaban J connectivity index is 1.38. The van der Waals surface area contributed by atoms with Crippen LogP contribution < -0.4 is 10.1 Å². The van der Waals surface area contributed by atoms with Gasteiger partial charge in [-0.15, -0.1) is 10.2 Å². The molecule has 5 heterocycles. The molecule has 11 nitrogen and oxygen atoms in total. The predicted molar refractivity (Wildman–Crippen MR) is 143 cm³/mol. The number of hydrogen-bond donors (Lipinski definition) is 2. The number of alkyl halides is 2. The molecule has 7 rings (SSSR count). The fourth-order valence-electron chi connectivity index (χ4n) is 6.07. The molecule has 0 radical (unpaired) electrons. The zero-order valence-electron chi connectivity index (χ0n) is 22.2. The first-order valence-corrected chi connectivity index (χ1v) is 13.0. The summed E-state index contributed by atoms with van der Waals surface area (Å²) in [6.45, 7) is 2.26. The summed E-state index contributed by atoms with van der Waals surface area (Å²) in [5.74, 6) is 2.53. The number of aryl methyl sites for hydroxylation is 1. The number of carbonyl (C=O) groups is 1. The molecule has 5 aromatic rings. The molecule has 2 N–H and O–H groups in total. The molecule has 0 fully saturated rings. The second-order valence-electron chi connectivity index (χ2n) is 10.7. The molecule has 0 spiro atoms. The highest BCUT2D eigenvalue weighted by molar-refractivity contribution is 5.84. The van der Waals surface area contributed by atoms with E-state index in [9.17, 15) is 13.6 Å². The number of imidazole rings is 1. The van der Waals surface area contributed by atoms with Gasteiger partial charge in [-0.25, -0.2) is 19.7 Å². The Morgan fingerprint density at radius 3 is 2.61 bits per heavy atom. The van der Waals surface area contributed by atoms with Gasteiger partial charge in [-0.3, -0.25) is 0 Å². The summed E-state index contributed by atoms with van der Waals surface area (Å²) >= 11 is 0. The molecule has 0 saturated heterocycles. The van der Waals surface area contributed by atoms with Crippen molar-refractivity contribution in [3.05, 3.63) is 71.8 Å². The highest BCUT2D eigenvalue weighted by Crippen LogP contribution is 2.52. The minimum absolute atomic E-state index is 0.0998. The average molecular weight is 559 g/mol. The highest BCUT2D eigenvalue weighted by Gasteiger charge is 2.43. The van der Waals surface area contributed by atoms with E-state index in [2.05, 4.69) is 30.0 Å². The molecule has 2 aliphatic rings. The van der Waals surface area contributed by atoms with Crippen LogP contribution in [0.2, 0.25) is 0 Å². The lowest BCUT2D eigenvalue weighted by Gasteiger charge is -2.22. The van der Waals surface area contributed by atoms with E-state index < -0.39 is 18.2 Å². The van der Waals surface area contributed by atoms with Gasteiger partial charge in [0.2, 0.25) is 0 Å². The van der Waals surface area contributed by atoms with Gasteiger partial charge >= 0.3 is 12.7 Å². The van der Waals surface area contributed by atoms with E-state index in [0.717, 1.165) is 28.0 Å². The molecule has 2 atom stereocenters. The van der Waals surface area contributed by atoms with E-state index in [1.54, 1.807) is 38.4 Å². The number of halogens is 2. The van der Waals surface area contributed by atoms with Crippen molar-refractivity contribution in [2.24, 2.45) is 0 Å². The molecule has 41 heavy (non-hydrogen) atoms. The van der Waals surface area contributed by atoms with E-state index in [1.807, 2.05) is 35.8 Å². The monoisotopic (exact) mass is 558 g/mol. The molecular weight excluding hydrogens is 534 g/mol. The number of benzene rings is 2. The molecular formula is C28H24F2N8O3. The van der Waals surface area contributed by atoms with Gasteiger partial charge in [-0.2, -0.15) is 8.78 Å². The Morgan fingerprint density at radius 1 is 1.10 bits per heavy atom. The number of fused-ring (bicyclic) bond motifs is 6. The lowest BCUT2D eigenvalue weighted by atomic mass is 9.97. The quantitative estimate of drug-likeness (QED) is 0.306. The van der Waals surface area contributed by atoms with Crippen molar-refractivity contribution in [3.8, 4) is 28.3 Å². The third-order valence-electron chi connectivity index (χ3n) is 7.77. The van der Waals surface area contributed by atoms with Gasteiger partial charge in [0, 0.05) is 35.5 Å². The zero-order valence-corrected chi connectivity index (χ0v) is 22.2. The molecule has 0 unspecified atom stereocenters. The second kappa shape index (κ2) is 8.78. The maximum atomic E-state index is 13.5. The maximum absolute atomic E-state index is 13.5. The van der Waals surface area contributed by atoms with Crippen LogP contribution in [0.25, 0.3) is 33.5 Å². The van der Waals surface area contributed by atoms with E-state index in [4.69, 9.17) is 14.8 Å². The van der Waals surface area contributed by atoms with Crippen LogP contribution in [0.4, 0.5) is 13.6 Å². The van der Waals surface area contributed by atoms with Gasteiger partial charge in [-0.05, 0) is 44.5 Å². The van der Waals surface area contributed by atoms with Gasteiger partial charge in [0.15, 0.2) is 11.6 Å². The Morgan fingerprint density at radius 2 is 1.88 bits per heavy atom. The first-order valence-electron chi connectivity index (χ1n) is 13.0. The largest absolute Gasteiger partial charge is 0.465 e. The molecule has 0 aliphatic carbocycles. The molecule has 208 valence electrons. The van der Waals surface area contributed by atoms with E-state index in [1.165, 1.54) is 0 Å². The molecule has 2 bridgehead atoms. The predicted octanol–water partition coefficient (Wildman–Crippen LogP) is 5.06. The molecule has 1 amide bonds. The molecule has 2 aliphatic heterocycles. The fourth-order valence-corrected chi connectivity index (χ4v) is 6.07. The first-order chi connectivity index (χ1) is 19.6. The summed E-state index contributed by atoms with van der Waals surface area (Å²) in [7, 11) is 0. The summed E-state index contributed by atoms with van der Waals surface area (Å²) in [6.07, 6.45) is 2.71. The summed E-state index contributed by atoms with van der Waals surface area (Å²) in [5, 5.41) is 20.3. The van der Waals surface area contributed by atoms with Crippen LogP contribution >= 0.6 is 0 Å². The minimum Gasteiger partial charge on any atom is -0.465 e. The van der Waals surface area contributed by atoms with E-state index >= 15 is 0 Å². The number of carboxylic acid groups (broad SMARTS) is 1. The second-order valence-corrected chi connectivity index (χ2v) is 10.7. The van der Waals surface area contributed by atoms with Gasteiger partial charge in [0.25, 0.3) is 0 Å². The van der Waals surface area contributed by atoms with Crippen LogP contribution in [-0.4, -0.2) is 52.1 Å². The van der Waals surface area contributed by atoms with Crippen molar-refractivity contribution in [1.29, 1.82) is 0 Å². The first kappa shape index (κ1) is 25.1. The normalized spacial score (nSPS) is 17.2. The third kappa shape index (κ3) is 3.83. The average Bonchev–Trinajstić information content (AvgIpc) is 3.56. The summed E-state index contributed by atoms with van der Waals surface area (Å²) < 4.78 is 36.2. The number of amides is 1. The SMILES string of the molecule is Cc1nnc2n1[C@@H]1C[C@H](c3c(OC(F)F)cccc3-2)n2c1nc1ccc(-c3cnc(C(C)(C)NC(=O)O)nc3)cc12. The highest BCUT2D eigenvalue weighted by atomic mass is 19.3. The van der Waals surface area contributed by atoms with Crippen molar-refractivity contribution >= 4 is 17.1 Å². The number of hydrogen-bond acceptors (Lipinski definition) is 7. The van der Waals surface area contributed by atoms with Crippen LogP contribution in [0.15, 0.2) is 48.8 Å². The summed E-state index contributed by atoms with van der Waals surface area (Å²) in [5.41, 5.74) is 3.48. The Kier molecular flexibility index (Phi) is 5.37. The topological polar surface area (TPSA) is 133 Å². The van der Waals surface area contributed by atoms with Gasteiger partial charge in [0.1, 0.15) is 17.4 Å². The molecule has 2 aromatic carbocycles. The van der Waals surface area contributed by atoms with Crippen molar-refractivity contribution < 1.29 is 23.4 Å². The van der Waals surface area contributed by atoms with Crippen molar-refractivity contribution in [3.63, 3.8) is 0 Å². The van der Waals surface area contributed by atoms with Gasteiger partial charge in [0.05, 0.1) is 28.7 Å². The maximum Gasteiger partial charge on any atom is 0.405 e. The van der Waals surface area contributed by atoms with E-state index in [0.29, 0.717) is 35.0 Å². The Labute approximate surface area is 231 Å². The van der Waals surface area contributed by atoms with Crippen LogP contribution in [0.3, 0.4) is 0 Å². The Bertz CT molecular complexity index is 1850. The van der Waals surface area contributed by atoms with Crippen molar-refractivity contribution in [1.82, 2.24) is 39.6 Å². The van der Waals surface area contributed by atoms with Crippen molar-refractivity contribution in [2.45, 2.75) is 51.4 Å². The molecule has 3 aromatic heterocycles. The van der Waals surface area contributed by atoms with Crippen LogP contribution in [0.1, 0.15) is 55.4 Å². The zero-order chi connectivity index (χ0) is 28.6. The Hall–Kier alpha value is -4.94. The minimum atomic E-state index is -2.98. The standard InChI is InChI=1S/C28H24F2N8O3/c1-13-35-36-23-16-5-4-6-21(41-26(29)30)22(16)19-10-20(37(13)23)24-33-17-8-7-14(9-18(17)38(19)24)15-11-31-25(32-12-15)28(2,3)34-27(39)40/h4-9,11-12,19-20,26,34H,10H2,1-3H3,(H,39,40)/t19-,20-/m1/s1. The van der Waals surface area contributed by atoms with Crippen LogP contribution in [0, 0.1) is 6.92 Å². The van der Waals surface area contributed by atoms with Crippen molar-refractivity contribution in [2.75, 3.05) is 0 Å². The van der Waals surface area contributed by atoms with E-state index in [-0.39, 0.29) is 17.8 Å². The smallest absolute Gasteiger partial charge is 0.405 e. The van der Waals surface area contributed by atoms with Gasteiger partial charge in [-0.1, -0.05) is 18.2 Å². The lowest BCUT2D eigenvalue weighted by molar-refractivity contribution is -0.0506. The number of aromatic nitrogens is 7. The molecule has 0 saturated carbocycles. The number of rotatable bonds is 5. The number of ether oxygens (including phenoxy) is 1. The fraction of sp³-hybridized carbons (Fsp3) is 0.286. The number of nitrogens with one attached hydrogen (secondary N) is 1. The van der Waals surface area contributed by atoms with Gasteiger partial charge < -0.3 is 24.3 Å². The van der Waals surface area contributed by atoms with Crippen LogP contribution in [0.5, 0.6) is 5.75 Å². The third-order valence-corrected chi connectivity index (χ3v) is 7.77. The summed E-state index contributed by atoms with van der Waals surface area (Å²) in [6, 6.07) is 10.4. The molecule has 13 heteroatoms. The van der Waals surface area contributed by atoms with Crippen LogP contribution in [-0.2, 0) is 5.54 Å².